The van der Waals surface area contributed by atoms with Crippen LogP contribution in [0.15, 0.2) is 0 Å². The fourth-order valence-electron chi connectivity index (χ4n) is 25.4. The van der Waals surface area contributed by atoms with Crippen LogP contribution in [0, 0.1) is 139 Å². The Labute approximate surface area is 500 Å². The van der Waals surface area contributed by atoms with Gasteiger partial charge in [0, 0.05) is 91.8 Å². The number of rotatable bonds is 0. The van der Waals surface area contributed by atoms with E-state index in [4.69, 9.17) is 14.2 Å². The molecule has 0 radical (unpaired) electrons. The summed E-state index contributed by atoms with van der Waals surface area (Å²) in [5.74, 6) is 0.719. The van der Waals surface area contributed by atoms with Crippen molar-refractivity contribution in [2.75, 3.05) is 0 Å². The Morgan fingerprint density at radius 1 is 0.310 bits per heavy atom. The standard InChI is InChI=1S/C72H102O12/c1-37-10-19-61(79)82-43-22-25-68(5)40(28-43)32-56(74)65-50-17-14-47(71(50,8)59(77)35-53(65)68)39(3)12-21-63(81)84-45-24-27-69(6)42(30-45)33-57(75)66-51-18-15-48(72(51,9)60(78)36-54(66)69)38(2)11-20-62(80)83-44-23-26-67(4)41(29-44)31-55(73)64-49-16-13-46(37)70(49,7)58(76)34-52(64)67/h37-54,64-66H,10-36H2,1-9H3/t37-,38-,39+,40-,41-,42-,43+,44+,45+,46+,47+,48+,49-,50-,51-,52-,53-,54-,64-,65-,66-,67-,68-,69-,70+,71+,72+/m0/s1. The summed E-state index contributed by atoms with van der Waals surface area (Å²) in [5, 5.41) is 0. The molecule has 0 spiro atoms. The average Bonchev–Trinajstić information content (AvgIpc) is 1.35. The van der Waals surface area contributed by atoms with Crippen molar-refractivity contribution in [3.63, 3.8) is 0 Å². The van der Waals surface area contributed by atoms with Crippen LogP contribution in [0.1, 0.15) is 236 Å². The molecule has 0 aromatic heterocycles. The van der Waals surface area contributed by atoms with Gasteiger partial charge in [-0.15, -0.1) is 0 Å². The van der Waals surface area contributed by atoms with Crippen molar-refractivity contribution in [1.82, 2.24) is 0 Å². The Morgan fingerprint density at radius 3 is 0.821 bits per heavy atom. The molecule has 12 heteroatoms. The highest BCUT2D eigenvalue weighted by atomic mass is 16.6. The molecule has 25 rings (SSSR count). The number of ketones is 6. The maximum Gasteiger partial charge on any atom is 0.306 e. The first-order chi connectivity index (χ1) is 39.7. The molecule has 24 bridgehead atoms. The number of esters is 3. The first-order valence-corrected chi connectivity index (χ1v) is 34.5. The van der Waals surface area contributed by atoms with Crippen LogP contribution in [0.3, 0.4) is 0 Å². The molecule has 0 unspecified atom stereocenters. The summed E-state index contributed by atoms with van der Waals surface area (Å²) in [6, 6.07) is 0. The summed E-state index contributed by atoms with van der Waals surface area (Å²) < 4.78 is 18.9. The Kier molecular flexibility index (Phi) is 14.9. The number of Topliss-reactive ketones (excluding diaryl/α,β-unsaturated/α-hetero) is 6. The molecule has 25 fully saturated rings. The maximum absolute atomic E-state index is 14.8. The number of carbonyl (C=O) groups excluding carboxylic acids is 9. The van der Waals surface area contributed by atoms with Gasteiger partial charge in [0.15, 0.2) is 0 Å². The van der Waals surface area contributed by atoms with E-state index in [1.165, 1.54) is 0 Å². The van der Waals surface area contributed by atoms with Gasteiger partial charge in [-0.05, 0) is 221 Å². The predicted octanol–water partition coefficient (Wildman–Crippen LogP) is 13.0. The van der Waals surface area contributed by atoms with Gasteiger partial charge >= 0.3 is 17.9 Å². The minimum Gasteiger partial charge on any atom is -0.462 e. The summed E-state index contributed by atoms with van der Waals surface area (Å²) in [6.07, 6.45) is 15.7. The molecular formula is C72H102O12. The van der Waals surface area contributed by atoms with E-state index in [0.717, 1.165) is 57.8 Å². The monoisotopic (exact) mass is 1160 g/mol. The van der Waals surface area contributed by atoms with Crippen LogP contribution in [0.25, 0.3) is 0 Å². The smallest absolute Gasteiger partial charge is 0.306 e. The minimum absolute atomic E-state index is 0.0274. The largest absolute Gasteiger partial charge is 0.462 e. The predicted molar refractivity (Wildman–Crippen MR) is 313 cm³/mol. The molecular weight excluding hydrogens is 1060 g/mol. The molecule has 84 heavy (non-hydrogen) atoms. The van der Waals surface area contributed by atoms with Crippen molar-refractivity contribution < 1.29 is 57.4 Å². The number of carbonyl (C=O) groups is 9. The Hall–Kier alpha value is -3.57. The van der Waals surface area contributed by atoms with Crippen LogP contribution >= 0.6 is 0 Å². The molecule has 13 saturated heterocycles. The van der Waals surface area contributed by atoms with Crippen molar-refractivity contribution in [2.45, 2.75) is 254 Å². The summed E-state index contributed by atoms with van der Waals surface area (Å²) in [5.41, 5.74) is -2.55. The average molecular weight is 1160 g/mol. The lowest BCUT2D eigenvalue weighted by Gasteiger charge is -2.59. The molecule has 0 aromatic rings. The maximum atomic E-state index is 14.8. The quantitative estimate of drug-likeness (QED) is 0.166. The molecule has 12 nitrogen and oxygen atoms in total. The van der Waals surface area contributed by atoms with Gasteiger partial charge in [-0.3, -0.25) is 43.2 Å². The summed E-state index contributed by atoms with van der Waals surface area (Å²) in [6.45, 7) is 19.8. The third-order valence-electron chi connectivity index (χ3n) is 30.4. The van der Waals surface area contributed by atoms with Crippen molar-refractivity contribution in [3.8, 4) is 0 Å². The van der Waals surface area contributed by atoms with Crippen LogP contribution in [-0.2, 0) is 57.4 Å². The second kappa shape index (κ2) is 21.0. The van der Waals surface area contributed by atoms with E-state index in [0.29, 0.717) is 96.3 Å². The van der Waals surface area contributed by atoms with Crippen molar-refractivity contribution in [3.05, 3.63) is 0 Å². The number of fused-ring (bicyclic) bond motifs is 1. The Balaban J connectivity index is 0.726. The van der Waals surface area contributed by atoms with Crippen molar-refractivity contribution in [2.24, 2.45) is 139 Å². The number of hydrogen-bond acceptors (Lipinski definition) is 12. The molecule has 25 aliphatic rings. The van der Waals surface area contributed by atoms with E-state index >= 15 is 0 Å². The van der Waals surface area contributed by atoms with E-state index in [1.54, 1.807) is 0 Å². The van der Waals surface area contributed by atoms with Crippen LogP contribution in [0.5, 0.6) is 0 Å². The zero-order valence-corrected chi connectivity index (χ0v) is 52.6. The molecule has 0 N–H and O–H groups in total. The van der Waals surface area contributed by atoms with Gasteiger partial charge in [0.1, 0.15) is 53.0 Å². The zero-order valence-electron chi connectivity index (χ0n) is 52.6. The lowest BCUT2D eigenvalue weighted by Crippen LogP contribution is -2.60. The highest BCUT2D eigenvalue weighted by Gasteiger charge is 2.70. The normalized spacial score (nSPS) is 53.4. The highest BCUT2D eigenvalue weighted by Crippen LogP contribution is 2.71. The third kappa shape index (κ3) is 8.86. The van der Waals surface area contributed by atoms with E-state index in [-0.39, 0.29) is 213 Å². The Bertz CT molecular complexity index is 2470. The van der Waals surface area contributed by atoms with E-state index in [1.807, 2.05) is 0 Å². The molecule has 13 aliphatic heterocycles. The lowest BCUT2D eigenvalue weighted by atomic mass is 9.43. The van der Waals surface area contributed by atoms with Crippen LogP contribution < -0.4 is 0 Å². The van der Waals surface area contributed by atoms with Gasteiger partial charge in [0.2, 0.25) is 0 Å². The van der Waals surface area contributed by atoms with Gasteiger partial charge < -0.3 is 14.2 Å². The van der Waals surface area contributed by atoms with Gasteiger partial charge in [0.05, 0.1) is 0 Å². The summed E-state index contributed by atoms with van der Waals surface area (Å²) >= 11 is 0. The molecule has 13 heterocycles. The van der Waals surface area contributed by atoms with E-state index in [2.05, 4.69) is 62.3 Å². The fourth-order valence-corrected chi connectivity index (χ4v) is 25.4. The number of ether oxygens (including phenoxy) is 3. The summed E-state index contributed by atoms with van der Waals surface area (Å²) in [4.78, 5) is 130. The molecule has 27 atom stereocenters. The topological polar surface area (TPSA) is 181 Å². The summed E-state index contributed by atoms with van der Waals surface area (Å²) in [7, 11) is 0. The fraction of sp³-hybridized carbons (Fsp3) is 0.875. The van der Waals surface area contributed by atoms with Gasteiger partial charge in [-0.2, -0.15) is 0 Å². The third-order valence-corrected chi connectivity index (χ3v) is 30.4. The van der Waals surface area contributed by atoms with Crippen molar-refractivity contribution in [1.29, 1.82) is 0 Å². The highest BCUT2D eigenvalue weighted by molar-refractivity contribution is 5.94. The second-order valence-corrected chi connectivity index (χ2v) is 33.3. The number of hydrogen-bond donors (Lipinski definition) is 0. The van der Waals surface area contributed by atoms with Gasteiger partial charge in [-0.25, -0.2) is 0 Å². The van der Waals surface area contributed by atoms with Crippen LogP contribution in [0.4, 0.5) is 0 Å². The Morgan fingerprint density at radius 2 is 0.560 bits per heavy atom. The first kappa shape index (κ1) is 59.4. The minimum atomic E-state index is -0.637. The molecule has 0 aromatic carbocycles. The molecule has 0 amide bonds. The zero-order chi connectivity index (χ0) is 59.5. The molecule has 462 valence electrons. The van der Waals surface area contributed by atoms with Gasteiger partial charge in [-0.1, -0.05) is 62.3 Å². The van der Waals surface area contributed by atoms with Crippen LogP contribution in [0.2, 0.25) is 0 Å². The van der Waals surface area contributed by atoms with Crippen LogP contribution in [-0.4, -0.2) is 70.9 Å². The van der Waals surface area contributed by atoms with Gasteiger partial charge in [0.25, 0.3) is 0 Å². The molecule has 12 saturated carbocycles. The van der Waals surface area contributed by atoms with Crippen molar-refractivity contribution >= 4 is 52.6 Å². The first-order valence-electron chi connectivity index (χ1n) is 34.5. The van der Waals surface area contributed by atoms with E-state index < -0.39 is 16.2 Å². The SMILES string of the molecule is C[C@@H]1CCC(=O)O[C@@H]2CC[C@@]3(C)[C@H](CC(=O)[C@@H]4[C@@H]3CC(=O)[C@]3(C)[C@H](CC[C@@H]43)[C@@H](C)CCC(=O)O[C@@H]3CC[C@@]4(C)[C@H](CC(=O)[C@@H]5[C@@H]4CC(=O)[C@]4(C)[C@H](CC[C@@H]54)[C@@H](C)CCC(=O)O[C@@H]4CC[C@@]5(C)[C@H](CC(=O)[C@@H]6[C@@H]5CC(=O)[C@]5(C)[C@@H]1CC[C@@H]65)C4)C3)C2. The lowest BCUT2D eigenvalue weighted by molar-refractivity contribution is -0.174. The van der Waals surface area contributed by atoms with E-state index in [9.17, 15) is 43.2 Å². The second-order valence-electron chi connectivity index (χ2n) is 33.3. The molecule has 12 aliphatic carbocycles.